The van der Waals surface area contributed by atoms with Gasteiger partial charge in [0, 0.05) is 5.56 Å². The first-order chi connectivity index (χ1) is 12.5. The zero-order valence-electron chi connectivity index (χ0n) is 14.9. The molecule has 0 heterocycles. The van der Waals surface area contributed by atoms with Gasteiger partial charge in [0.05, 0.1) is 16.1 Å². The van der Waals surface area contributed by atoms with Crippen molar-refractivity contribution in [3.63, 3.8) is 0 Å². The fourth-order valence-corrected chi connectivity index (χ4v) is 3.90. The van der Waals surface area contributed by atoms with Crippen LogP contribution in [-0.4, -0.2) is 37.2 Å². The molecule has 144 valence electrons. The summed E-state index contributed by atoms with van der Waals surface area (Å²) in [4.78, 5) is 22.0. The average molecular weight is 393 g/mol. The molecule has 0 saturated carbocycles. The number of aromatic carboxylic acids is 1. The molecular formula is C18H19NO7S. The van der Waals surface area contributed by atoms with E-state index in [1.54, 1.807) is 19.9 Å². The largest absolute Gasteiger partial charge is 0.481 e. The maximum atomic E-state index is 12.8. The molecule has 9 heteroatoms. The zero-order valence-corrected chi connectivity index (χ0v) is 15.8. The highest BCUT2D eigenvalue weighted by Gasteiger charge is 2.23. The van der Waals surface area contributed by atoms with Gasteiger partial charge in [-0.1, -0.05) is 17.7 Å². The van der Waals surface area contributed by atoms with Gasteiger partial charge in [0.15, 0.2) is 6.61 Å². The minimum Gasteiger partial charge on any atom is -0.481 e. The molecule has 0 fully saturated rings. The molecule has 0 aromatic heterocycles. The van der Waals surface area contributed by atoms with Gasteiger partial charge in [0.1, 0.15) is 5.75 Å². The molecule has 0 bridgehead atoms. The molecule has 0 saturated heterocycles. The molecule has 0 amide bonds. The van der Waals surface area contributed by atoms with Gasteiger partial charge in [-0.05, 0) is 44.5 Å². The molecule has 8 nitrogen and oxygen atoms in total. The smallest absolute Gasteiger partial charge is 0.341 e. The third-order valence-corrected chi connectivity index (χ3v) is 5.34. The number of sulfonamides is 1. The van der Waals surface area contributed by atoms with Crippen molar-refractivity contribution in [2.75, 3.05) is 11.3 Å². The van der Waals surface area contributed by atoms with Crippen molar-refractivity contribution in [3.05, 3.63) is 52.6 Å². The van der Waals surface area contributed by atoms with Crippen molar-refractivity contribution in [2.24, 2.45) is 0 Å². The van der Waals surface area contributed by atoms with Crippen LogP contribution in [0.2, 0.25) is 0 Å². The van der Waals surface area contributed by atoms with E-state index >= 15 is 0 Å². The van der Waals surface area contributed by atoms with Crippen LogP contribution in [0, 0.1) is 20.8 Å². The number of hydrogen-bond donors (Lipinski definition) is 3. The first kappa shape index (κ1) is 20.2. The van der Waals surface area contributed by atoms with Crippen molar-refractivity contribution in [3.8, 4) is 5.75 Å². The summed E-state index contributed by atoms with van der Waals surface area (Å²) in [5.74, 6) is -2.30. The van der Waals surface area contributed by atoms with Crippen molar-refractivity contribution in [2.45, 2.75) is 25.7 Å². The standard InChI is InChI=1S/C18H19NO7S/c1-10-4-6-14(13(8-10)18(22)23)19-27(24,25)15-7-5-11(2)17(12(15)3)26-9-16(20)21/h4-8,19H,9H2,1-3H3,(H,20,21)(H,22,23). The van der Waals surface area contributed by atoms with Crippen LogP contribution in [0.3, 0.4) is 0 Å². The van der Waals surface area contributed by atoms with E-state index < -0.39 is 28.6 Å². The molecule has 2 aromatic rings. The van der Waals surface area contributed by atoms with E-state index in [1.165, 1.54) is 31.2 Å². The first-order valence-electron chi connectivity index (χ1n) is 7.84. The Hall–Kier alpha value is -3.07. The molecule has 0 spiro atoms. The first-order valence-corrected chi connectivity index (χ1v) is 9.33. The summed E-state index contributed by atoms with van der Waals surface area (Å²) >= 11 is 0. The lowest BCUT2D eigenvalue weighted by Gasteiger charge is -2.16. The number of nitrogens with one attached hydrogen (secondary N) is 1. The highest BCUT2D eigenvalue weighted by Crippen LogP contribution is 2.31. The van der Waals surface area contributed by atoms with Crippen LogP contribution in [0.5, 0.6) is 5.75 Å². The summed E-state index contributed by atoms with van der Waals surface area (Å²) in [6, 6.07) is 7.18. The van der Waals surface area contributed by atoms with Crippen molar-refractivity contribution in [1.29, 1.82) is 0 Å². The molecule has 0 aliphatic heterocycles. The van der Waals surface area contributed by atoms with Gasteiger partial charge < -0.3 is 14.9 Å². The monoisotopic (exact) mass is 393 g/mol. The lowest BCUT2D eigenvalue weighted by atomic mass is 10.1. The van der Waals surface area contributed by atoms with E-state index in [-0.39, 0.29) is 27.5 Å². The van der Waals surface area contributed by atoms with E-state index in [0.29, 0.717) is 11.1 Å². The third kappa shape index (κ3) is 4.56. The number of anilines is 1. The number of benzene rings is 2. The number of aryl methyl sites for hydroxylation is 2. The molecule has 2 rings (SSSR count). The van der Waals surface area contributed by atoms with Crippen LogP contribution in [0.1, 0.15) is 27.0 Å². The van der Waals surface area contributed by atoms with Gasteiger partial charge in [0.2, 0.25) is 0 Å². The van der Waals surface area contributed by atoms with Crippen LogP contribution >= 0.6 is 0 Å². The molecular weight excluding hydrogens is 374 g/mol. The van der Waals surface area contributed by atoms with E-state index in [0.717, 1.165) is 0 Å². The summed E-state index contributed by atoms with van der Waals surface area (Å²) in [5.41, 5.74) is 1.24. The fraction of sp³-hybridized carbons (Fsp3) is 0.222. The number of carboxylic acid groups (broad SMARTS) is 2. The van der Waals surface area contributed by atoms with Gasteiger partial charge in [-0.2, -0.15) is 0 Å². The normalized spacial score (nSPS) is 11.1. The average Bonchev–Trinajstić information content (AvgIpc) is 2.55. The second-order valence-electron chi connectivity index (χ2n) is 5.98. The Bertz CT molecular complexity index is 1010. The molecule has 0 radical (unpaired) electrons. The Morgan fingerprint density at radius 1 is 1.07 bits per heavy atom. The lowest BCUT2D eigenvalue weighted by Crippen LogP contribution is -2.18. The van der Waals surface area contributed by atoms with Crippen LogP contribution < -0.4 is 9.46 Å². The van der Waals surface area contributed by atoms with E-state index in [2.05, 4.69) is 4.72 Å². The molecule has 27 heavy (non-hydrogen) atoms. The van der Waals surface area contributed by atoms with Gasteiger partial charge in [-0.15, -0.1) is 0 Å². The molecule has 3 N–H and O–H groups in total. The minimum atomic E-state index is -4.13. The summed E-state index contributed by atoms with van der Waals surface area (Å²) in [5, 5.41) is 18.1. The van der Waals surface area contributed by atoms with Crippen LogP contribution in [0.4, 0.5) is 5.69 Å². The summed E-state index contributed by atoms with van der Waals surface area (Å²) in [7, 11) is -4.13. The second-order valence-corrected chi connectivity index (χ2v) is 7.63. The molecule has 0 atom stereocenters. The van der Waals surface area contributed by atoms with Crippen molar-refractivity contribution < 1.29 is 33.0 Å². The minimum absolute atomic E-state index is 0.0684. The van der Waals surface area contributed by atoms with Crippen molar-refractivity contribution in [1.82, 2.24) is 0 Å². The molecule has 0 unspecified atom stereocenters. The maximum absolute atomic E-state index is 12.8. The summed E-state index contributed by atoms with van der Waals surface area (Å²) in [6.45, 7) is 4.24. The van der Waals surface area contributed by atoms with E-state index in [1.807, 2.05) is 0 Å². The fourth-order valence-electron chi connectivity index (χ4n) is 2.58. The van der Waals surface area contributed by atoms with Crippen molar-refractivity contribution >= 4 is 27.6 Å². The SMILES string of the molecule is Cc1ccc(NS(=O)(=O)c2ccc(C)c(OCC(=O)O)c2C)c(C(=O)O)c1. The second kappa shape index (κ2) is 7.67. The van der Waals surface area contributed by atoms with Gasteiger partial charge in [0.25, 0.3) is 10.0 Å². The Balaban J connectivity index is 2.48. The summed E-state index contributed by atoms with van der Waals surface area (Å²) < 4.78 is 33.1. The molecule has 0 aliphatic carbocycles. The quantitative estimate of drug-likeness (QED) is 0.659. The third-order valence-electron chi connectivity index (χ3n) is 3.83. The van der Waals surface area contributed by atoms with Gasteiger partial charge in [-0.25, -0.2) is 18.0 Å². The predicted octanol–water partition coefficient (Wildman–Crippen LogP) is 2.57. The maximum Gasteiger partial charge on any atom is 0.341 e. The van der Waals surface area contributed by atoms with Gasteiger partial charge >= 0.3 is 11.9 Å². The molecule has 2 aromatic carbocycles. The number of carboxylic acids is 2. The van der Waals surface area contributed by atoms with E-state index in [9.17, 15) is 23.1 Å². The number of ether oxygens (including phenoxy) is 1. The van der Waals surface area contributed by atoms with Crippen LogP contribution in [-0.2, 0) is 14.8 Å². The lowest BCUT2D eigenvalue weighted by molar-refractivity contribution is -0.139. The van der Waals surface area contributed by atoms with Gasteiger partial charge in [-0.3, -0.25) is 4.72 Å². The zero-order chi connectivity index (χ0) is 20.4. The predicted molar refractivity (Wildman–Crippen MR) is 98.0 cm³/mol. The topological polar surface area (TPSA) is 130 Å². The van der Waals surface area contributed by atoms with Crippen LogP contribution in [0.15, 0.2) is 35.2 Å². The molecule has 0 aliphatic rings. The Kier molecular flexibility index (Phi) is 5.75. The number of hydrogen-bond acceptors (Lipinski definition) is 5. The number of aliphatic carboxylic acids is 1. The highest BCUT2D eigenvalue weighted by molar-refractivity contribution is 7.92. The highest BCUT2D eigenvalue weighted by atomic mass is 32.2. The number of carbonyl (C=O) groups is 2. The summed E-state index contributed by atoms with van der Waals surface area (Å²) in [6.07, 6.45) is 0. The Morgan fingerprint density at radius 2 is 1.74 bits per heavy atom. The Morgan fingerprint density at radius 3 is 2.33 bits per heavy atom. The Labute approximate surface area is 156 Å². The van der Waals surface area contributed by atoms with Crippen LogP contribution in [0.25, 0.3) is 0 Å². The van der Waals surface area contributed by atoms with E-state index in [4.69, 9.17) is 9.84 Å². The number of rotatable bonds is 7.